The van der Waals surface area contributed by atoms with Gasteiger partial charge in [-0.2, -0.15) is 0 Å². The predicted octanol–water partition coefficient (Wildman–Crippen LogP) is 0.139. The van der Waals surface area contributed by atoms with Gasteiger partial charge < -0.3 is 53.0 Å². The van der Waals surface area contributed by atoms with Crippen LogP contribution in [0.4, 0.5) is 0 Å². The van der Waals surface area contributed by atoms with E-state index in [0.717, 1.165) is 0 Å². The molecule has 0 unspecified atom stereocenters. The van der Waals surface area contributed by atoms with Crippen molar-refractivity contribution in [1.82, 2.24) is 31.9 Å². The van der Waals surface area contributed by atoms with Crippen molar-refractivity contribution in [3.05, 3.63) is 0 Å². The highest BCUT2D eigenvalue weighted by atomic mass is 16.4. The molecule has 0 radical (unpaired) electrons. The Kier molecular flexibility index (Phi) is 23.8. The summed E-state index contributed by atoms with van der Waals surface area (Å²) in [7, 11) is 0. The van der Waals surface area contributed by atoms with Crippen LogP contribution in [-0.4, -0.2) is 111 Å². The van der Waals surface area contributed by atoms with Gasteiger partial charge in [0.05, 0.1) is 6.42 Å². The number of hydrogen-bond donors (Lipinski definition) is 10. The molecule has 0 rings (SSSR count). The Balaban J connectivity index is 5.17. The van der Waals surface area contributed by atoms with Crippen LogP contribution in [0.5, 0.6) is 0 Å². The first-order valence-corrected chi connectivity index (χ1v) is 18.6. The normalized spacial score (nSPS) is 14.9. The molecule has 0 aromatic heterocycles. The van der Waals surface area contributed by atoms with E-state index in [4.69, 9.17) is 15.9 Å². The summed E-state index contributed by atoms with van der Waals surface area (Å²) in [5, 5.41) is 43.3. The number of carboxylic acid groups (broad SMARTS) is 3. The van der Waals surface area contributed by atoms with Gasteiger partial charge in [-0.1, -0.05) is 27.7 Å². The second kappa shape index (κ2) is 26.1. The average molecular weight is 786 g/mol. The van der Waals surface area contributed by atoms with Crippen molar-refractivity contribution in [2.24, 2.45) is 17.6 Å². The summed E-state index contributed by atoms with van der Waals surface area (Å²) in [6, 6.07) is -4.56. The summed E-state index contributed by atoms with van der Waals surface area (Å²) in [6.07, 6.45) is -1.97. The molecular weight excluding hydrogens is 722 g/mol. The van der Waals surface area contributed by atoms with Crippen LogP contribution in [0.2, 0.25) is 0 Å². The van der Waals surface area contributed by atoms with Gasteiger partial charge in [0.25, 0.3) is 0 Å². The molecule has 0 bridgehead atoms. The monoisotopic (exact) mass is 785 g/mol. The summed E-state index contributed by atoms with van der Waals surface area (Å²) in [5.74, 6) is -6.57. The first kappa shape index (κ1) is 50.2. The molecule has 0 aromatic rings. The smallest absolute Gasteiger partial charge is 0.305 e. The van der Waals surface area contributed by atoms with Gasteiger partial charge in [-0.15, -0.1) is 0 Å². The lowest BCUT2D eigenvalue weighted by Gasteiger charge is -2.26. The first-order chi connectivity index (χ1) is 25.5. The minimum absolute atomic E-state index is 0.0361. The average Bonchev–Trinajstić information content (AvgIpc) is 3.00. The Morgan fingerprint density at radius 3 is 1.11 bits per heavy atom. The van der Waals surface area contributed by atoms with Crippen molar-refractivity contribution in [3.63, 3.8) is 0 Å². The standard InChI is InChI=1S/C36H63N7O12/c1-19(2)26(43-31(47)15-24(8-10-34(50)51)40-33(49)18-27(20(3)4)42-28(44)12-21(5)37)17-32(48)39-22(6)13-29(45)38-23(7)14-30(46)41-25(16-36(54)55)9-11-35(52)53/h19-27H,8-18,37H2,1-7H3,(H,38,45)(H,39,48)(H,40,49)(H,41,46)(H,42,44)(H,43,47)(H,50,51)(H,52,53)(H,54,55)/t21-,22-,23-,24-,25-,26-,27-/m0/s1. The zero-order chi connectivity index (χ0) is 42.4. The fourth-order valence-electron chi connectivity index (χ4n) is 5.51. The van der Waals surface area contributed by atoms with E-state index >= 15 is 0 Å². The zero-order valence-corrected chi connectivity index (χ0v) is 33.1. The highest BCUT2D eigenvalue weighted by Crippen LogP contribution is 2.12. The molecule has 0 saturated heterocycles. The minimum atomic E-state index is -1.20. The topological polar surface area (TPSA) is 313 Å². The van der Waals surface area contributed by atoms with E-state index in [1.165, 1.54) is 0 Å². The number of aliphatic carboxylic acids is 3. The Morgan fingerprint density at radius 1 is 0.418 bits per heavy atom. The number of nitrogens with one attached hydrogen (secondary N) is 6. The van der Waals surface area contributed by atoms with Gasteiger partial charge in [-0.25, -0.2) is 0 Å². The Hall–Kier alpha value is -4.81. The van der Waals surface area contributed by atoms with Crippen LogP contribution < -0.4 is 37.6 Å². The van der Waals surface area contributed by atoms with Crippen molar-refractivity contribution in [2.75, 3.05) is 0 Å². The number of amides is 6. The van der Waals surface area contributed by atoms with Gasteiger partial charge in [0.1, 0.15) is 0 Å². The molecule has 314 valence electrons. The molecule has 11 N–H and O–H groups in total. The number of carboxylic acids is 3. The molecule has 0 aliphatic carbocycles. The van der Waals surface area contributed by atoms with E-state index in [2.05, 4.69) is 31.9 Å². The van der Waals surface area contributed by atoms with Crippen LogP contribution in [0.3, 0.4) is 0 Å². The van der Waals surface area contributed by atoms with E-state index in [0.29, 0.717) is 0 Å². The van der Waals surface area contributed by atoms with Crippen LogP contribution in [-0.2, 0) is 43.2 Å². The van der Waals surface area contributed by atoms with Crippen molar-refractivity contribution >= 4 is 53.4 Å². The molecule has 0 aliphatic heterocycles. The molecule has 19 heteroatoms. The van der Waals surface area contributed by atoms with Crippen molar-refractivity contribution in [2.45, 2.75) is 161 Å². The molecule has 0 spiro atoms. The maximum absolute atomic E-state index is 13.1. The third-order valence-electron chi connectivity index (χ3n) is 8.41. The summed E-state index contributed by atoms with van der Waals surface area (Å²) >= 11 is 0. The predicted molar refractivity (Wildman–Crippen MR) is 200 cm³/mol. The summed E-state index contributed by atoms with van der Waals surface area (Å²) in [6.45, 7) is 12.1. The van der Waals surface area contributed by atoms with Crippen LogP contribution in [0.25, 0.3) is 0 Å². The van der Waals surface area contributed by atoms with Crippen LogP contribution >= 0.6 is 0 Å². The van der Waals surface area contributed by atoms with Gasteiger partial charge in [0.2, 0.25) is 35.4 Å². The van der Waals surface area contributed by atoms with Crippen molar-refractivity contribution in [1.29, 1.82) is 0 Å². The lowest BCUT2D eigenvalue weighted by molar-refractivity contribution is -0.140. The van der Waals surface area contributed by atoms with E-state index < -0.39 is 90.1 Å². The maximum Gasteiger partial charge on any atom is 0.305 e. The molecule has 0 heterocycles. The van der Waals surface area contributed by atoms with Gasteiger partial charge in [0.15, 0.2) is 0 Å². The summed E-state index contributed by atoms with van der Waals surface area (Å²) in [5.41, 5.74) is 5.70. The first-order valence-electron chi connectivity index (χ1n) is 18.6. The molecule has 19 nitrogen and oxygen atoms in total. The molecular formula is C36H63N7O12. The molecule has 0 aromatic carbocycles. The molecule has 6 amide bonds. The van der Waals surface area contributed by atoms with Crippen molar-refractivity contribution < 1.29 is 58.5 Å². The Labute approximate surface area is 322 Å². The fourth-order valence-corrected chi connectivity index (χ4v) is 5.51. The van der Waals surface area contributed by atoms with E-state index in [1.54, 1.807) is 34.6 Å². The SMILES string of the molecule is CC(C)[C@H](CC(=O)N[C@@H](CCC(=O)O)CC(=O)N[C@@H](CC(=O)N[C@@H](C)CC(=O)N[C@@H](C)CC(=O)N[C@@H](CCC(=O)O)CC(=O)O)C(C)C)NC(=O)C[C@H](C)N. The quantitative estimate of drug-likeness (QED) is 0.0505. The van der Waals surface area contributed by atoms with Gasteiger partial charge in [0, 0.05) is 93.7 Å². The van der Waals surface area contributed by atoms with Crippen molar-refractivity contribution in [3.8, 4) is 0 Å². The van der Waals surface area contributed by atoms with E-state index in [9.17, 15) is 48.3 Å². The van der Waals surface area contributed by atoms with E-state index in [-0.39, 0.29) is 88.0 Å². The summed E-state index contributed by atoms with van der Waals surface area (Å²) < 4.78 is 0. The van der Waals surface area contributed by atoms with Gasteiger partial charge >= 0.3 is 17.9 Å². The lowest BCUT2D eigenvalue weighted by Crippen LogP contribution is -2.48. The summed E-state index contributed by atoms with van der Waals surface area (Å²) in [4.78, 5) is 110. The highest BCUT2D eigenvalue weighted by Gasteiger charge is 2.27. The number of rotatable bonds is 28. The lowest BCUT2D eigenvalue weighted by atomic mass is 9.98. The zero-order valence-electron chi connectivity index (χ0n) is 33.1. The third kappa shape index (κ3) is 25.8. The number of hydrogen-bond acceptors (Lipinski definition) is 10. The maximum atomic E-state index is 13.1. The molecule has 7 atom stereocenters. The van der Waals surface area contributed by atoms with Gasteiger partial charge in [-0.3, -0.25) is 43.2 Å². The van der Waals surface area contributed by atoms with E-state index in [1.807, 2.05) is 13.8 Å². The fraction of sp³-hybridized carbons (Fsp3) is 0.750. The molecule has 0 aliphatic rings. The van der Waals surface area contributed by atoms with Crippen LogP contribution in [0.1, 0.15) is 119 Å². The number of carbonyl (C=O) groups is 9. The third-order valence-corrected chi connectivity index (χ3v) is 8.41. The highest BCUT2D eigenvalue weighted by molar-refractivity contribution is 5.84. The second-order valence-corrected chi connectivity index (χ2v) is 15.0. The molecule has 0 fully saturated rings. The minimum Gasteiger partial charge on any atom is -0.481 e. The van der Waals surface area contributed by atoms with Gasteiger partial charge in [-0.05, 0) is 45.4 Å². The Bertz CT molecular complexity index is 1320. The number of carbonyl (C=O) groups excluding carboxylic acids is 6. The molecule has 0 saturated carbocycles. The molecule has 55 heavy (non-hydrogen) atoms. The Morgan fingerprint density at radius 2 is 0.745 bits per heavy atom. The second-order valence-electron chi connectivity index (χ2n) is 15.0. The number of nitrogens with two attached hydrogens (primary N) is 1. The largest absolute Gasteiger partial charge is 0.481 e. The van der Waals surface area contributed by atoms with Crippen LogP contribution in [0.15, 0.2) is 0 Å². The van der Waals surface area contributed by atoms with Crippen LogP contribution in [0, 0.1) is 11.8 Å².